The first-order chi connectivity index (χ1) is 4.86. The van der Waals surface area contributed by atoms with Crippen LogP contribution in [0.25, 0.3) is 0 Å². The van der Waals surface area contributed by atoms with Gasteiger partial charge in [-0.25, -0.2) is 4.79 Å². The summed E-state index contributed by atoms with van der Waals surface area (Å²) in [7, 11) is 1.97. The summed E-state index contributed by atoms with van der Waals surface area (Å²) in [5.74, 6) is 2.33. The van der Waals surface area contributed by atoms with Crippen molar-refractivity contribution in [2.45, 2.75) is 25.3 Å². The van der Waals surface area contributed by atoms with Crippen LogP contribution < -0.4 is 5.32 Å². The van der Waals surface area contributed by atoms with Gasteiger partial charge in [0.25, 0.3) is 0 Å². The van der Waals surface area contributed by atoms with Crippen LogP contribution in [0.4, 0.5) is 0 Å². The highest BCUT2D eigenvalue weighted by Gasteiger charge is 2.21. The molecule has 10 heavy (non-hydrogen) atoms. The van der Waals surface area contributed by atoms with E-state index in [9.17, 15) is 4.79 Å². The molecular formula is C8H13NO. The van der Waals surface area contributed by atoms with E-state index in [2.05, 4.69) is 5.32 Å². The second-order valence-electron chi connectivity index (χ2n) is 2.84. The Bertz CT molecular complexity index is 149. The van der Waals surface area contributed by atoms with Crippen molar-refractivity contribution >= 4 is 5.94 Å². The van der Waals surface area contributed by atoms with Crippen LogP contribution in [-0.4, -0.2) is 19.0 Å². The Hall–Kier alpha value is -0.590. The van der Waals surface area contributed by atoms with Crippen LogP contribution in [-0.2, 0) is 4.79 Å². The molecule has 2 heteroatoms. The molecular weight excluding hydrogens is 126 g/mol. The van der Waals surface area contributed by atoms with Crippen LogP contribution in [0.1, 0.15) is 19.3 Å². The lowest BCUT2D eigenvalue weighted by atomic mass is 10.1. The van der Waals surface area contributed by atoms with E-state index in [-0.39, 0.29) is 0 Å². The van der Waals surface area contributed by atoms with E-state index in [0.29, 0.717) is 12.0 Å². The van der Waals surface area contributed by atoms with Gasteiger partial charge >= 0.3 is 0 Å². The summed E-state index contributed by atoms with van der Waals surface area (Å²) in [6.45, 7) is 0. The molecule has 1 saturated carbocycles. The first kappa shape index (κ1) is 7.52. The summed E-state index contributed by atoms with van der Waals surface area (Å²) in [5, 5.41) is 3.20. The molecule has 1 N–H and O–H groups in total. The second-order valence-corrected chi connectivity index (χ2v) is 2.84. The lowest BCUT2D eigenvalue weighted by Gasteiger charge is -2.05. The average Bonchev–Trinajstić information content (AvgIpc) is 2.37. The summed E-state index contributed by atoms with van der Waals surface area (Å²) in [6.07, 6.45) is 5.09. The molecule has 2 atom stereocenters. The number of carbonyl (C=O) groups excluding carboxylic acids is 1. The minimum absolute atomic E-state index is 0.481. The van der Waals surface area contributed by atoms with Gasteiger partial charge in [0.15, 0.2) is 0 Å². The third-order valence-electron chi connectivity index (χ3n) is 2.19. The summed E-state index contributed by atoms with van der Waals surface area (Å²) in [5.41, 5.74) is 0. The van der Waals surface area contributed by atoms with Gasteiger partial charge in [-0.05, 0) is 32.2 Å². The summed E-state index contributed by atoms with van der Waals surface area (Å²) < 4.78 is 0. The quantitative estimate of drug-likeness (QED) is 0.572. The highest BCUT2D eigenvalue weighted by Crippen LogP contribution is 2.25. The molecule has 0 aromatic carbocycles. The largest absolute Gasteiger partial charge is 0.317 e. The number of hydrogen-bond acceptors (Lipinski definition) is 2. The van der Waals surface area contributed by atoms with E-state index in [1.54, 1.807) is 6.08 Å². The van der Waals surface area contributed by atoms with Gasteiger partial charge in [-0.2, -0.15) is 0 Å². The van der Waals surface area contributed by atoms with Crippen LogP contribution in [0, 0.1) is 5.92 Å². The second kappa shape index (κ2) is 3.55. The smallest absolute Gasteiger partial charge is 0.120 e. The third-order valence-corrected chi connectivity index (χ3v) is 2.19. The van der Waals surface area contributed by atoms with Crippen molar-refractivity contribution in [2.75, 3.05) is 7.05 Å². The molecule has 0 amide bonds. The van der Waals surface area contributed by atoms with Gasteiger partial charge in [-0.1, -0.05) is 0 Å². The lowest BCUT2D eigenvalue weighted by molar-refractivity contribution is 0.555. The fraction of sp³-hybridized carbons (Fsp3) is 0.750. The van der Waals surface area contributed by atoms with E-state index < -0.39 is 0 Å². The van der Waals surface area contributed by atoms with Crippen LogP contribution in [0.2, 0.25) is 0 Å². The van der Waals surface area contributed by atoms with Gasteiger partial charge in [0.1, 0.15) is 5.94 Å². The summed E-state index contributed by atoms with van der Waals surface area (Å²) >= 11 is 0. The minimum atomic E-state index is 0.481. The Morgan fingerprint density at radius 3 is 2.90 bits per heavy atom. The topological polar surface area (TPSA) is 29.1 Å². The third kappa shape index (κ3) is 1.69. The Balaban J connectivity index is 2.35. The Morgan fingerprint density at radius 1 is 1.60 bits per heavy atom. The average molecular weight is 139 g/mol. The molecule has 0 spiro atoms. The summed E-state index contributed by atoms with van der Waals surface area (Å²) in [4.78, 5) is 9.95. The molecule has 0 saturated heterocycles. The van der Waals surface area contributed by atoms with Gasteiger partial charge < -0.3 is 5.32 Å². The van der Waals surface area contributed by atoms with Crippen molar-refractivity contribution in [3.63, 3.8) is 0 Å². The van der Waals surface area contributed by atoms with Gasteiger partial charge in [-0.3, -0.25) is 0 Å². The zero-order valence-corrected chi connectivity index (χ0v) is 6.26. The molecule has 0 aromatic heterocycles. The molecule has 0 radical (unpaired) electrons. The van der Waals surface area contributed by atoms with Gasteiger partial charge in [0.2, 0.25) is 0 Å². The fourth-order valence-corrected chi connectivity index (χ4v) is 1.53. The molecule has 0 aromatic rings. The van der Waals surface area contributed by atoms with E-state index in [4.69, 9.17) is 0 Å². The molecule has 1 fully saturated rings. The van der Waals surface area contributed by atoms with E-state index >= 15 is 0 Å². The number of hydrogen-bond donors (Lipinski definition) is 1. The number of allylic oxidation sites excluding steroid dienone is 1. The number of rotatable bonds is 2. The zero-order chi connectivity index (χ0) is 7.40. The molecule has 1 aliphatic rings. The van der Waals surface area contributed by atoms with E-state index in [1.165, 1.54) is 6.42 Å². The van der Waals surface area contributed by atoms with Crippen molar-refractivity contribution < 1.29 is 4.79 Å². The maximum atomic E-state index is 9.95. The van der Waals surface area contributed by atoms with Crippen LogP contribution in [0.15, 0.2) is 6.08 Å². The molecule has 0 heterocycles. The maximum absolute atomic E-state index is 9.95. The van der Waals surface area contributed by atoms with Gasteiger partial charge in [0, 0.05) is 12.1 Å². The highest BCUT2D eigenvalue weighted by atomic mass is 16.1. The predicted octanol–water partition coefficient (Wildman–Crippen LogP) is 0.762. The molecule has 2 nitrogen and oxygen atoms in total. The Kier molecular flexibility index (Phi) is 2.67. The standard InChI is InChI=1S/C8H13NO/c1-9-8-3-2-7(6-8)4-5-10/h4,7-9H,2-3,6H2,1H3. The molecule has 1 aliphatic carbocycles. The molecule has 1 rings (SSSR count). The van der Waals surface area contributed by atoms with E-state index in [0.717, 1.165) is 12.8 Å². The van der Waals surface area contributed by atoms with Crippen molar-refractivity contribution in [1.29, 1.82) is 0 Å². The molecule has 0 aliphatic heterocycles. The van der Waals surface area contributed by atoms with Crippen molar-refractivity contribution in [3.8, 4) is 0 Å². The molecule has 0 bridgehead atoms. The van der Waals surface area contributed by atoms with Crippen LogP contribution in [0.3, 0.4) is 0 Å². The van der Waals surface area contributed by atoms with Crippen LogP contribution >= 0.6 is 0 Å². The molecule has 56 valence electrons. The van der Waals surface area contributed by atoms with Crippen molar-refractivity contribution in [2.24, 2.45) is 5.92 Å². The van der Waals surface area contributed by atoms with Gasteiger partial charge in [0.05, 0.1) is 0 Å². The normalized spacial score (nSPS) is 31.7. The summed E-state index contributed by atoms with van der Waals surface area (Å²) in [6, 6.07) is 0.620. The first-order valence-electron chi connectivity index (χ1n) is 3.75. The first-order valence-corrected chi connectivity index (χ1v) is 3.75. The lowest BCUT2D eigenvalue weighted by Crippen LogP contribution is -2.21. The maximum Gasteiger partial charge on any atom is 0.120 e. The minimum Gasteiger partial charge on any atom is -0.317 e. The monoisotopic (exact) mass is 139 g/mol. The van der Waals surface area contributed by atoms with Gasteiger partial charge in [-0.15, -0.1) is 0 Å². The number of nitrogens with one attached hydrogen (secondary N) is 1. The zero-order valence-electron chi connectivity index (χ0n) is 6.26. The van der Waals surface area contributed by atoms with Crippen LogP contribution in [0.5, 0.6) is 0 Å². The van der Waals surface area contributed by atoms with E-state index in [1.807, 2.05) is 13.0 Å². The predicted molar refractivity (Wildman–Crippen MR) is 40.5 cm³/mol. The highest BCUT2D eigenvalue weighted by molar-refractivity contribution is 5.45. The Morgan fingerprint density at radius 2 is 2.40 bits per heavy atom. The molecule has 2 unspecified atom stereocenters. The fourth-order valence-electron chi connectivity index (χ4n) is 1.53. The SMILES string of the molecule is CNC1CCC(C=C=O)C1. The van der Waals surface area contributed by atoms with Crippen molar-refractivity contribution in [1.82, 2.24) is 5.32 Å². The van der Waals surface area contributed by atoms with Crippen molar-refractivity contribution in [3.05, 3.63) is 6.08 Å². The Labute approximate surface area is 61.3 Å².